The summed E-state index contributed by atoms with van der Waals surface area (Å²) in [5.74, 6) is -2.42. The van der Waals surface area contributed by atoms with Gasteiger partial charge in [0.2, 0.25) is 0 Å². The fourth-order valence-electron chi connectivity index (χ4n) is 2.36. The molecule has 0 radical (unpaired) electrons. The second-order valence-electron chi connectivity index (χ2n) is 5.51. The number of halogens is 3. The molecule has 1 atom stereocenters. The molecule has 1 aromatic carbocycles. The number of sulfone groups is 1. The van der Waals surface area contributed by atoms with Crippen molar-refractivity contribution in [3.05, 3.63) is 29.8 Å². The quantitative estimate of drug-likeness (QED) is 0.802. The molecule has 1 saturated heterocycles. The van der Waals surface area contributed by atoms with Crippen LogP contribution in [0.15, 0.2) is 24.3 Å². The Morgan fingerprint density at radius 1 is 1.29 bits per heavy atom. The van der Waals surface area contributed by atoms with Crippen molar-refractivity contribution < 1.29 is 31.2 Å². The van der Waals surface area contributed by atoms with Crippen LogP contribution in [0.2, 0.25) is 0 Å². The molecule has 1 unspecified atom stereocenters. The summed E-state index contributed by atoms with van der Waals surface area (Å²) in [4.78, 5) is 24.9. The van der Waals surface area contributed by atoms with Gasteiger partial charge in [0.1, 0.15) is 0 Å². The van der Waals surface area contributed by atoms with Crippen molar-refractivity contribution in [2.24, 2.45) is 0 Å². The molecule has 10 heteroatoms. The Labute approximate surface area is 136 Å². The fourth-order valence-corrected chi connectivity index (χ4v) is 4.14. The lowest BCUT2D eigenvalue weighted by Crippen LogP contribution is -2.43. The number of benzene rings is 1. The summed E-state index contributed by atoms with van der Waals surface area (Å²) in [5, 5.41) is 2.10. The van der Waals surface area contributed by atoms with Gasteiger partial charge in [0.05, 0.1) is 17.1 Å². The predicted molar refractivity (Wildman–Crippen MR) is 79.9 cm³/mol. The van der Waals surface area contributed by atoms with Gasteiger partial charge in [-0.1, -0.05) is 6.07 Å². The minimum Gasteiger partial charge on any atom is -0.333 e. The number of carbonyl (C=O) groups excluding carboxylic acids is 2. The maximum absolute atomic E-state index is 12.6. The van der Waals surface area contributed by atoms with Gasteiger partial charge in [0, 0.05) is 18.8 Å². The molecule has 132 valence electrons. The van der Waals surface area contributed by atoms with E-state index in [0.29, 0.717) is 6.07 Å². The standard InChI is InChI=1S/C14H15F3N2O4S/c1-19(11-5-6-24(22,23)8-11)13(21)12(20)18-10-4-2-3-9(7-10)14(15,16)17/h2-4,7,11H,5-6,8H2,1H3,(H,18,20). The van der Waals surface area contributed by atoms with E-state index in [4.69, 9.17) is 0 Å². The Bertz CT molecular complexity index is 762. The highest BCUT2D eigenvalue weighted by Crippen LogP contribution is 2.30. The number of amides is 2. The van der Waals surface area contributed by atoms with E-state index in [1.165, 1.54) is 13.1 Å². The van der Waals surface area contributed by atoms with Gasteiger partial charge in [0.15, 0.2) is 9.84 Å². The molecule has 1 aromatic rings. The summed E-state index contributed by atoms with van der Waals surface area (Å²) in [6.07, 6.45) is -4.35. The van der Waals surface area contributed by atoms with Gasteiger partial charge in [-0.2, -0.15) is 13.2 Å². The first kappa shape index (κ1) is 18.2. The molecular weight excluding hydrogens is 349 g/mol. The average molecular weight is 364 g/mol. The summed E-state index contributed by atoms with van der Waals surface area (Å²) in [6.45, 7) is 0. The fraction of sp³-hybridized carbons (Fsp3) is 0.429. The van der Waals surface area contributed by atoms with Crippen molar-refractivity contribution in [1.82, 2.24) is 4.90 Å². The first-order valence-corrected chi connectivity index (χ1v) is 8.77. The van der Waals surface area contributed by atoms with Crippen LogP contribution in [0.3, 0.4) is 0 Å². The van der Waals surface area contributed by atoms with Gasteiger partial charge in [-0.25, -0.2) is 8.42 Å². The van der Waals surface area contributed by atoms with Crippen LogP contribution in [-0.4, -0.2) is 49.7 Å². The lowest BCUT2D eigenvalue weighted by molar-refractivity contribution is -0.143. The third kappa shape index (κ3) is 4.25. The number of rotatable bonds is 2. The maximum atomic E-state index is 12.6. The minimum absolute atomic E-state index is 0.0649. The molecule has 2 amide bonds. The number of nitrogens with one attached hydrogen (secondary N) is 1. The third-order valence-electron chi connectivity index (χ3n) is 3.72. The molecular formula is C14H15F3N2O4S. The van der Waals surface area contributed by atoms with Crippen molar-refractivity contribution in [3.63, 3.8) is 0 Å². The van der Waals surface area contributed by atoms with E-state index in [0.717, 1.165) is 17.0 Å². The van der Waals surface area contributed by atoms with Crippen LogP contribution in [-0.2, 0) is 25.6 Å². The van der Waals surface area contributed by atoms with E-state index in [2.05, 4.69) is 5.32 Å². The second-order valence-corrected chi connectivity index (χ2v) is 7.73. The summed E-state index contributed by atoms with van der Waals surface area (Å²) >= 11 is 0. The van der Waals surface area contributed by atoms with Crippen molar-refractivity contribution in [2.45, 2.75) is 18.6 Å². The Hall–Kier alpha value is -2.10. The van der Waals surface area contributed by atoms with Gasteiger partial charge >= 0.3 is 18.0 Å². The average Bonchev–Trinajstić information content (AvgIpc) is 2.85. The molecule has 1 aliphatic heterocycles. The first-order valence-electron chi connectivity index (χ1n) is 6.95. The molecule has 2 rings (SSSR count). The highest BCUT2D eigenvalue weighted by molar-refractivity contribution is 7.91. The van der Waals surface area contributed by atoms with E-state index in [1.807, 2.05) is 0 Å². The maximum Gasteiger partial charge on any atom is 0.416 e. The molecule has 1 aliphatic rings. The van der Waals surface area contributed by atoms with Crippen LogP contribution in [0, 0.1) is 0 Å². The zero-order valence-electron chi connectivity index (χ0n) is 12.6. The minimum atomic E-state index is -4.57. The number of likely N-dealkylation sites (N-methyl/N-ethyl adjacent to an activating group) is 1. The molecule has 0 saturated carbocycles. The van der Waals surface area contributed by atoms with Crippen LogP contribution in [0.25, 0.3) is 0 Å². The molecule has 6 nitrogen and oxygen atoms in total. The molecule has 0 bridgehead atoms. The monoisotopic (exact) mass is 364 g/mol. The topological polar surface area (TPSA) is 83.6 Å². The lowest BCUT2D eigenvalue weighted by atomic mass is 10.2. The molecule has 1 fully saturated rings. The van der Waals surface area contributed by atoms with Crippen molar-refractivity contribution in [3.8, 4) is 0 Å². The van der Waals surface area contributed by atoms with E-state index >= 15 is 0 Å². The summed E-state index contributed by atoms with van der Waals surface area (Å²) in [6, 6.07) is 3.27. The summed E-state index contributed by atoms with van der Waals surface area (Å²) < 4.78 is 60.7. The van der Waals surface area contributed by atoms with Crippen LogP contribution in [0.5, 0.6) is 0 Å². The largest absolute Gasteiger partial charge is 0.416 e. The normalized spacial score (nSPS) is 19.8. The Kier molecular flexibility index (Phi) is 4.88. The van der Waals surface area contributed by atoms with Gasteiger partial charge in [-0.3, -0.25) is 9.59 Å². The smallest absolute Gasteiger partial charge is 0.333 e. The Morgan fingerprint density at radius 3 is 2.50 bits per heavy atom. The first-order chi connectivity index (χ1) is 11.0. The summed E-state index contributed by atoms with van der Waals surface area (Å²) in [7, 11) is -1.94. The third-order valence-corrected chi connectivity index (χ3v) is 5.47. The zero-order valence-corrected chi connectivity index (χ0v) is 13.4. The van der Waals surface area contributed by atoms with Crippen molar-refractivity contribution in [1.29, 1.82) is 0 Å². The number of anilines is 1. The molecule has 1 heterocycles. The van der Waals surface area contributed by atoms with Gasteiger partial charge in [-0.15, -0.1) is 0 Å². The number of carbonyl (C=O) groups is 2. The number of hydrogen-bond donors (Lipinski definition) is 1. The number of alkyl halides is 3. The van der Waals surface area contributed by atoms with Crippen LogP contribution >= 0.6 is 0 Å². The lowest BCUT2D eigenvalue weighted by Gasteiger charge is -2.22. The second kappa shape index (κ2) is 6.42. The number of hydrogen-bond acceptors (Lipinski definition) is 4. The highest BCUT2D eigenvalue weighted by atomic mass is 32.2. The zero-order chi connectivity index (χ0) is 18.1. The van der Waals surface area contributed by atoms with Crippen molar-refractivity contribution >= 4 is 27.3 Å². The van der Waals surface area contributed by atoms with Crippen LogP contribution < -0.4 is 5.32 Å². The molecule has 0 aliphatic carbocycles. The van der Waals surface area contributed by atoms with Gasteiger partial charge in [0.25, 0.3) is 0 Å². The predicted octanol–water partition coefficient (Wildman–Crippen LogP) is 1.29. The Balaban J connectivity index is 2.06. The molecule has 0 aromatic heterocycles. The van der Waals surface area contributed by atoms with E-state index in [1.54, 1.807) is 0 Å². The van der Waals surface area contributed by atoms with Gasteiger partial charge < -0.3 is 10.2 Å². The molecule has 0 spiro atoms. The Morgan fingerprint density at radius 2 is 1.96 bits per heavy atom. The van der Waals surface area contributed by atoms with E-state index in [9.17, 15) is 31.2 Å². The molecule has 1 N–H and O–H groups in total. The van der Waals surface area contributed by atoms with Crippen LogP contribution in [0.4, 0.5) is 18.9 Å². The van der Waals surface area contributed by atoms with E-state index in [-0.39, 0.29) is 23.6 Å². The van der Waals surface area contributed by atoms with Gasteiger partial charge in [-0.05, 0) is 24.6 Å². The van der Waals surface area contributed by atoms with E-state index < -0.39 is 39.4 Å². The summed E-state index contributed by atoms with van der Waals surface area (Å²) in [5.41, 5.74) is -1.13. The number of nitrogens with zero attached hydrogens (tertiary/aromatic N) is 1. The van der Waals surface area contributed by atoms with Crippen molar-refractivity contribution in [2.75, 3.05) is 23.9 Å². The SMILES string of the molecule is CN(C(=O)C(=O)Nc1cccc(C(F)(F)F)c1)C1CCS(=O)(=O)C1. The highest BCUT2D eigenvalue weighted by Gasteiger charge is 2.35. The molecule has 24 heavy (non-hydrogen) atoms. The van der Waals surface area contributed by atoms with Crippen LogP contribution in [0.1, 0.15) is 12.0 Å².